The number of rotatable bonds is 61. The number of hydrogen-bond donors (Lipinski definition) is 19. The molecule has 133 heavy (non-hydrogen) atoms. The van der Waals surface area contributed by atoms with E-state index in [9.17, 15) is 93.9 Å². The molecule has 2 aromatic rings. The van der Waals surface area contributed by atoms with Gasteiger partial charge in [-0.25, -0.2) is 0 Å². The average molecular weight is 1880 g/mol. The molecule has 0 radical (unpaired) electrons. The Morgan fingerprint density at radius 3 is 1.14 bits per heavy atom. The van der Waals surface area contributed by atoms with Crippen LogP contribution in [0.1, 0.15) is 182 Å². The van der Waals surface area contributed by atoms with Gasteiger partial charge in [0, 0.05) is 173 Å². The summed E-state index contributed by atoms with van der Waals surface area (Å²) in [5.74, 6) is -3.72. The minimum atomic E-state index is -1.47. The first kappa shape index (κ1) is 111. The Labute approximate surface area is 778 Å². The molecule has 7 rings (SSSR count). The van der Waals surface area contributed by atoms with E-state index in [4.69, 9.17) is 42.6 Å². The van der Waals surface area contributed by atoms with Crippen molar-refractivity contribution in [1.82, 2.24) is 53.2 Å². The standard InChI is InChI=1S/C93H146N12O28/c1-60(109)100-79-85(122)82(119)67(54-106)131-88(79)128-48-22-18-34-72(112)94-41-25-44-97-75(115)38-51-125-57-93(58-126-52-39-76(116)98-45-26-42-95-73(113)35-19-23-49-129-89-80(101-61(2)110)86(123)83(120)68(55-107)132-89,59-127-53-40-77(117)99-46-27-43-96-74(114)36-20-24-50-130-90-81(102-62(3)111)87(124)84(121)69(56-108)133-90)103-78(118)37-13-10-21-47-105-66-31-17-15-29-64(66)92(6,7)71(105)33-12-9-11-32-70-91(4,5)63-28-14-16-30-65(63)104(70)8/h9,11-12,14-17,28-33,67-69,79-90,106-108,119-124H,10,13,18-27,34-59H2,1-8H3,(H9-,94,95,96,97,98,99,100,101,102,103,109,110,111,112,113,114,115,116,117,118)/p+1/t67-,68-,69-,79-,80-,81-,82+,83+,84+,85-,86-,87-,88-,89-,90-/m1/s1. The lowest BCUT2D eigenvalue weighted by atomic mass is 9.81. The molecule has 3 fully saturated rings. The molecule has 5 heterocycles. The van der Waals surface area contributed by atoms with Crippen LogP contribution < -0.4 is 58.1 Å². The van der Waals surface area contributed by atoms with Crippen LogP contribution in [0.4, 0.5) is 11.4 Å². The molecular weight excluding hydrogens is 1730 g/mol. The van der Waals surface area contributed by atoms with E-state index in [1.807, 2.05) is 12.1 Å². The van der Waals surface area contributed by atoms with Crippen LogP contribution in [0.25, 0.3) is 0 Å². The van der Waals surface area contributed by atoms with E-state index in [-0.39, 0.29) is 196 Å². The summed E-state index contributed by atoms with van der Waals surface area (Å²) in [6.45, 7) is 11.9. The number of allylic oxidation sites excluding steroid dienone is 6. The van der Waals surface area contributed by atoms with Crippen LogP contribution in [0, 0.1) is 0 Å². The van der Waals surface area contributed by atoms with Gasteiger partial charge in [-0.1, -0.05) is 68.5 Å². The van der Waals surface area contributed by atoms with E-state index in [1.165, 1.54) is 43.3 Å². The van der Waals surface area contributed by atoms with Gasteiger partial charge < -0.3 is 147 Å². The molecule has 5 aliphatic rings. The van der Waals surface area contributed by atoms with E-state index in [0.717, 1.165) is 17.8 Å². The van der Waals surface area contributed by atoms with Gasteiger partial charge in [-0.05, 0) is 102 Å². The Bertz CT molecular complexity index is 3890. The predicted octanol–water partition coefficient (Wildman–Crippen LogP) is -0.619. The van der Waals surface area contributed by atoms with Crippen molar-refractivity contribution in [2.24, 2.45) is 0 Å². The molecule has 0 bridgehead atoms. The summed E-state index contributed by atoms with van der Waals surface area (Å²) < 4.78 is 55.1. The number of aliphatic hydroxyl groups excluding tert-OH is 9. The summed E-state index contributed by atoms with van der Waals surface area (Å²) in [7, 11) is 2.09. The SMILES string of the molecule is CC(=O)N[C@H]1[C@H](OCCCCC(=O)NCCCNC(=O)CCOCC(COCCC(=O)NCCCNC(=O)CCCCO[C@@H]2O[C@H](CO)[C@H](O)[C@H](O)[C@H]2NC(C)=O)(COCCC(=O)NCCCNC(=O)CCCCO[C@@H]2O[C@H](CO)[C@H](O)[C@H](O)[C@H]2NC(C)=O)NC(=O)CCCCC[N+]2=C(/C=C/C=C/C=C3/N(C)c4ccccc4C3(C)C)C(C)(C)c3ccccc32)O[C@H](CO)[C@H](O)[C@@H]1O. The van der Waals surface area contributed by atoms with Crippen LogP contribution in [-0.4, -0.2) is 345 Å². The number of para-hydroxylation sites is 2. The summed E-state index contributed by atoms with van der Waals surface area (Å²) in [4.78, 5) is 130. The largest absolute Gasteiger partial charge is 0.394 e. The highest BCUT2D eigenvalue weighted by molar-refractivity contribution is 6.03. The number of likely N-dealkylation sites (N-methyl/N-ethyl adjacent to an activating group) is 1. The van der Waals surface area contributed by atoms with E-state index in [1.54, 1.807) is 0 Å². The van der Waals surface area contributed by atoms with E-state index in [0.29, 0.717) is 77.2 Å². The molecule has 0 spiro atoms. The monoisotopic (exact) mass is 1880 g/mol. The zero-order valence-corrected chi connectivity index (χ0v) is 78.2. The molecule has 0 unspecified atom stereocenters. The molecule has 19 N–H and O–H groups in total. The molecule has 0 aromatic heterocycles. The molecule has 0 saturated carbocycles. The Morgan fingerprint density at radius 2 is 0.767 bits per heavy atom. The summed E-state index contributed by atoms with van der Waals surface area (Å²) in [5, 5.41) is 119. The number of unbranched alkanes of at least 4 members (excludes halogenated alkanes) is 5. The first-order valence-corrected chi connectivity index (χ1v) is 46.5. The van der Waals surface area contributed by atoms with E-state index in [2.05, 4.69) is 164 Å². The maximum Gasteiger partial charge on any atom is 0.222 e. The molecule has 0 aliphatic carbocycles. The number of carbonyl (C=O) groups excluding carboxylic acids is 10. The minimum Gasteiger partial charge on any atom is -0.394 e. The number of benzene rings is 2. The second kappa shape index (κ2) is 57.9. The third-order valence-electron chi connectivity index (χ3n) is 23.7. The topological polar surface area (TPSA) is 562 Å². The maximum atomic E-state index is 14.5. The van der Waals surface area contributed by atoms with Gasteiger partial charge in [0.1, 0.15) is 85.1 Å². The second-order valence-electron chi connectivity index (χ2n) is 35.2. The van der Waals surface area contributed by atoms with Gasteiger partial charge in [0.25, 0.3) is 0 Å². The first-order valence-electron chi connectivity index (χ1n) is 46.5. The number of nitrogens with zero attached hydrogens (tertiary/aromatic N) is 2. The Morgan fingerprint density at radius 1 is 0.414 bits per heavy atom. The zero-order chi connectivity index (χ0) is 97.1. The Kier molecular flexibility index (Phi) is 48.3. The lowest BCUT2D eigenvalue weighted by Crippen LogP contribution is -2.64. The van der Waals surface area contributed by atoms with Gasteiger partial charge in [0.15, 0.2) is 24.6 Å². The predicted molar refractivity (Wildman–Crippen MR) is 487 cm³/mol. The van der Waals surface area contributed by atoms with Crippen LogP contribution in [0.3, 0.4) is 0 Å². The van der Waals surface area contributed by atoms with Gasteiger partial charge >= 0.3 is 0 Å². The normalized spacial score (nSPS) is 24.0. The zero-order valence-electron chi connectivity index (χ0n) is 78.2. The summed E-state index contributed by atoms with van der Waals surface area (Å²) >= 11 is 0. The molecule has 3 saturated heterocycles. The number of anilines is 1. The highest BCUT2D eigenvalue weighted by Gasteiger charge is 2.50. The molecule has 5 aliphatic heterocycles. The third-order valence-corrected chi connectivity index (χ3v) is 23.7. The highest BCUT2D eigenvalue weighted by atomic mass is 16.7. The highest BCUT2D eigenvalue weighted by Crippen LogP contribution is 2.47. The summed E-state index contributed by atoms with van der Waals surface area (Å²) in [6, 6.07) is 13.5. The van der Waals surface area contributed by atoms with Gasteiger partial charge in [-0.15, -0.1) is 0 Å². The molecule has 40 heteroatoms. The van der Waals surface area contributed by atoms with Crippen LogP contribution in [0.5, 0.6) is 0 Å². The van der Waals surface area contributed by atoms with Crippen molar-refractivity contribution < 1.29 is 141 Å². The quantitative estimate of drug-likeness (QED) is 0.0223. The number of hydrogen-bond acceptors (Lipinski definition) is 29. The fraction of sp³-hybridized carbons (Fsp3) is 0.688. The number of nitrogens with one attached hydrogen (secondary N) is 10. The van der Waals surface area contributed by atoms with Gasteiger partial charge in [-0.3, -0.25) is 47.9 Å². The fourth-order valence-corrected chi connectivity index (χ4v) is 16.4. The number of aliphatic hydroxyl groups is 9. The van der Waals surface area contributed by atoms with E-state index < -0.39 is 135 Å². The Balaban J connectivity index is 0.941. The third kappa shape index (κ3) is 36.0. The minimum absolute atomic E-state index is 0.0744. The Hall–Kier alpha value is -8.89. The average Bonchev–Trinajstić information content (AvgIpc) is 1.57. The number of carbonyl (C=O) groups is 10. The van der Waals surface area contributed by atoms with Crippen LogP contribution in [0.15, 0.2) is 84.6 Å². The van der Waals surface area contributed by atoms with E-state index >= 15 is 0 Å². The lowest BCUT2D eigenvalue weighted by Gasteiger charge is -2.42. The van der Waals surface area contributed by atoms with Gasteiger partial charge in [0.05, 0.1) is 64.9 Å². The smallest absolute Gasteiger partial charge is 0.222 e. The summed E-state index contributed by atoms with van der Waals surface area (Å²) in [5.41, 5.74) is 5.12. The van der Waals surface area contributed by atoms with Gasteiger partial charge in [-0.2, -0.15) is 4.58 Å². The van der Waals surface area contributed by atoms with Crippen molar-refractivity contribution in [3.63, 3.8) is 0 Å². The van der Waals surface area contributed by atoms with Crippen molar-refractivity contribution >= 4 is 76.2 Å². The lowest BCUT2D eigenvalue weighted by molar-refractivity contribution is -0.438. The van der Waals surface area contributed by atoms with Crippen molar-refractivity contribution in [2.75, 3.05) is 137 Å². The van der Waals surface area contributed by atoms with Crippen molar-refractivity contribution in [3.05, 3.63) is 95.7 Å². The van der Waals surface area contributed by atoms with Crippen molar-refractivity contribution in [2.45, 2.75) is 279 Å². The number of amides is 10. The molecule has 40 nitrogen and oxygen atoms in total. The molecule has 2 aromatic carbocycles. The van der Waals surface area contributed by atoms with Crippen molar-refractivity contribution in [3.8, 4) is 0 Å². The van der Waals surface area contributed by atoms with Crippen LogP contribution >= 0.6 is 0 Å². The van der Waals surface area contributed by atoms with Gasteiger partial charge in [0.2, 0.25) is 64.8 Å². The second-order valence-corrected chi connectivity index (χ2v) is 35.2. The molecular formula is C93H147N12O28+. The summed E-state index contributed by atoms with van der Waals surface area (Å²) in [6.07, 6.45) is 0.370. The fourth-order valence-electron chi connectivity index (χ4n) is 16.4. The molecule has 15 atom stereocenters. The first-order chi connectivity index (χ1) is 63.7. The molecule has 746 valence electrons. The molecule has 10 amide bonds. The number of ether oxygens (including phenoxy) is 9. The number of fused-ring (bicyclic) bond motifs is 2. The maximum absolute atomic E-state index is 14.5. The van der Waals surface area contributed by atoms with Crippen molar-refractivity contribution in [1.29, 1.82) is 0 Å². The van der Waals surface area contributed by atoms with Crippen LogP contribution in [-0.2, 0) is 101 Å². The van der Waals surface area contributed by atoms with Crippen LogP contribution in [0.2, 0.25) is 0 Å².